The van der Waals surface area contributed by atoms with E-state index in [1.165, 1.54) is 12.3 Å². The first kappa shape index (κ1) is 16.5. The van der Waals surface area contributed by atoms with Crippen molar-refractivity contribution < 1.29 is 14.0 Å². The van der Waals surface area contributed by atoms with E-state index in [2.05, 4.69) is 26.2 Å². The average molecular weight is 425 g/mol. The van der Waals surface area contributed by atoms with Gasteiger partial charge in [0, 0.05) is 15.7 Å². The molecule has 1 N–H and O–H groups in total. The number of imide groups is 1. The van der Waals surface area contributed by atoms with E-state index in [1.807, 2.05) is 18.2 Å². The number of nitrogens with one attached hydrogen (secondary N) is 1. The summed E-state index contributed by atoms with van der Waals surface area (Å²) >= 11 is 9.39. The van der Waals surface area contributed by atoms with Gasteiger partial charge in [-0.05, 0) is 52.4 Å². The molecule has 2 aliphatic rings. The Morgan fingerprint density at radius 1 is 1.32 bits per heavy atom. The molecule has 2 fully saturated rings. The molecule has 1 aliphatic carbocycles. The summed E-state index contributed by atoms with van der Waals surface area (Å²) in [6, 6.07) is 8.16. The largest absolute Gasteiger partial charge is 0.329 e. The molecule has 1 saturated heterocycles. The quantitative estimate of drug-likeness (QED) is 0.585. The van der Waals surface area contributed by atoms with Gasteiger partial charge in [0.1, 0.15) is 11.2 Å². The zero-order valence-electron chi connectivity index (χ0n) is 12.8. The van der Waals surface area contributed by atoms with Gasteiger partial charge in [0.05, 0.1) is 0 Å². The van der Waals surface area contributed by atoms with Crippen molar-refractivity contribution in [3.63, 3.8) is 0 Å². The van der Waals surface area contributed by atoms with Crippen LogP contribution in [0.4, 0.5) is 14.9 Å². The molecule has 1 saturated carbocycles. The third kappa shape index (κ3) is 2.53. The van der Waals surface area contributed by atoms with Crippen molar-refractivity contribution in [1.29, 1.82) is 0 Å². The Kier molecular flexibility index (Phi) is 3.81. The van der Waals surface area contributed by atoms with Crippen LogP contribution >= 0.6 is 27.5 Å². The number of amides is 3. The van der Waals surface area contributed by atoms with Crippen molar-refractivity contribution in [1.82, 2.24) is 10.3 Å². The smallest absolute Gasteiger partial charge is 0.323 e. The van der Waals surface area contributed by atoms with Gasteiger partial charge >= 0.3 is 6.03 Å². The van der Waals surface area contributed by atoms with Crippen LogP contribution in [0.25, 0.3) is 0 Å². The van der Waals surface area contributed by atoms with Gasteiger partial charge in [-0.3, -0.25) is 4.79 Å². The Morgan fingerprint density at radius 2 is 2.04 bits per heavy atom. The number of nitrogens with zero attached hydrogens (tertiary/aromatic N) is 2. The van der Waals surface area contributed by atoms with Crippen molar-refractivity contribution in [3.8, 4) is 0 Å². The monoisotopic (exact) mass is 423 g/mol. The summed E-state index contributed by atoms with van der Waals surface area (Å²) < 4.78 is 14.5. The Hall–Kier alpha value is -1.99. The highest BCUT2D eigenvalue weighted by atomic mass is 79.9. The second-order valence-corrected chi connectivity index (χ2v) is 7.57. The average Bonchev–Trinajstić information content (AvgIpc) is 2.80. The maximum atomic E-state index is 14.0. The molecule has 128 valence electrons. The van der Waals surface area contributed by atoms with Gasteiger partial charge < -0.3 is 5.32 Å². The van der Waals surface area contributed by atoms with Crippen LogP contribution in [-0.4, -0.2) is 22.5 Å². The number of pyridine rings is 1. The zero-order valence-corrected chi connectivity index (χ0v) is 15.1. The van der Waals surface area contributed by atoms with Crippen LogP contribution in [0.1, 0.15) is 24.3 Å². The molecule has 0 bridgehead atoms. The molecule has 25 heavy (non-hydrogen) atoms. The summed E-state index contributed by atoms with van der Waals surface area (Å²) in [7, 11) is 0. The van der Waals surface area contributed by atoms with Gasteiger partial charge in [-0.1, -0.05) is 29.8 Å². The highest BCUT2D eigenvalue weighted by Gasteiger charge is 2.59. The lowest BCUT2D eigenvalue weighted by Crippen LogP contribution is -2.56. The molecule has 5 nitrogen and oxygen atoms in total. The predicted molar refractivity (Wildman–Crippen MR) is 94.1 cm³/mol. The van der Waals surface area contributed by atoms with Crippen LogP contribution in [0.5, 0.6) is 0 Å². The molecule has 2 heterocycles. The number of carbonyl (C=O) groups excluding carboxylic acids is 2. The van der Waals surface area contributed by atoms with Crippen LogP contribution in [0.15, 0.2) is 41.0 Å². The number of halogens is 3. The van der Waals surface area contributed by atoms with E-state index in [9.17, 15) is 14.0 Å². The summed E-state index contributed by atoms with van der Waals surface area (Å²) in [6.45, 7) is 0. The van der Waals surface area contributed by atoms with E-state index < -0.39 is 23.4 Å². The molecule has 1 aromatic carbocycles. The van der Waals surface area contributed by atoms with Crippen molar-refractivity contribution >= 4 is 45.2 Å². The summed E-state index contributed by atoms with van der Waals surface area (Å²) in [4.78, 5) is 29.6. The van der Waals surface area contributed by atoms with E-state index in [1.54, 1.807) is 6.07 Å². The number of aromatic nitrogens is 1. The Morgan fingerprint density at radius 3 is 2.76 bits per heavy atom. The molecule has 2 aromatic rings. The fourth-order valence-electron chi connectivity index (χ4n) is 3.49. The molecule has 0 radical (unpaired) electrons. The second-order valence-electron chi connectivity index (χ2n) is 6.24. The fraction of sp³-hybridized carbons (Fsp3) is 0.235. The highest BCUT2D eigenvalue weighted by Crippen LogP contribution is 2.50. The van der Waals surface area contributed by atoms with Gasteiger partial charge in [-0.2, -0.15) is 4.39 Å². The molecule has 1 aliphatic heterocycles. The minimum Gasteiger partial charge on any atom is -0.323 e. The van der Waals surface area contributed by atoms with Crippen molar-refractivity contribution in [2.24, 2.45) is 0 Å². The Labute approximate surface area is 156 Å². The third-order valence-corrected chi connectivity index (χ3v) is 5.50. The number of anilines is 1. The van der Waals surface area contributed by atoms with Crippen LogP contribution in [0.2, 0.25) is 5.02 Å². The number of urea groups is 1. The first-order chi connectivity index (χ1) is 11.9. The maximum absolute atomic E-state index is 14.0. The lowest BCUT2D eigenvalue weighted by atomic mass is 9.65. The van der Waals surface area contributed by atoms with Gasteiger partial charge in [0.15, 0.2) is 0 Å². The van der Waals surface area contributed by atoms with Crippen LogP contribution in [0, 0.1) is 5.95 Å². The first-order valence-electron chi connectivity index (χ1n) is 7.63. The topological polar surface area (TPSA) is 62.3 Å². The Bertz CT molecular complexity index is 901. The molecule has 0 atom stereocenters. The van der Waals surface area contributed by atoms with Gasteiger partial charge in [0.25, 0.3) is 5.91 Å². The molecule has 1 aromatic heterocycles. The molecule has 4 rings (SSSR count). The van der Waals surface area contributed by atoms with Crippen molar-refractivity contribution in [3.05, 3.63) is 57.5 Å². The summed E-state index contributed by atoms with van der Waals surface area (Å²) in [5.41, 5.74) is -0.212. The molecule has 1 spiro atoms. The Balaban J connectivity index is 1.61. The van der Waals surface area contributed by atoms with Crippen LogP contribution in [0.3, 0.4) is 0 Å². The zero-order chi connectivity index (χ0) is 17.8. The van der Waals surface area contributed by atoms with Crippen molar-refractivity contribution in [2.75, 3.05) is 4.90 Å². The van der Waals surface area contributed by atoms with Crippen LogP contribution < -0.4 is 10.2 Å². The lowest BCUT2D eigenvalue weighted by molar-refractivity contribution is -0.125. The van der Waals surface area contributed by atoms with E-state index in [4.69, 9.17) is 11.6 Å². The number of rotatable bonds is 2. The van der Waals surface area contributed by atoms with Gasteiger partial charge in [-0.25, -0.2) is 14.7 Å². The van der Waals surface area contributed by atoms with Gasteiger partial charge in [0.2, 0.25) is 5.95 Å². The van der Waals surface area contributed by atoms with Gasteiger partial charge in [-0.15, -0.1) is 0 Å². The number of benzene rings is 1. The highest BCUT2D eigenvalue weighted by molar-refractivity contribution is 9.10. The first-order valence-corrected chi connectivity index (χ1v) is 8.80. The summed E-state index contributed by atoms with van der Waals surface area (Å²) in [6.07, 6.45) is 2.13. The predicted octanol–water partition coefficient (Wildman–Crippen LogP) is 4.01. The molecule has 0 unspecified atom stereocenters. The normalized spacial score (nSPS) is 25.2. The molecular weight excluding hydrogens is 413 g/mol. The van der Waals surface area contributed by atoms with Crippen molar-refractivity contribution in [2.45, 2.75) is 24.3 Å². The SMILES string of the molecule is O=C1NC2(CC(c3ccccc3Cl)C2)C(=O)N1c1cc(Br)cnc1F. The number of hydrogen-bond donors (Lipinski definition) is 1. The van der Waals surface area contributed by atoms with E-state index in [0.717, 1.165) is 10.5 Å². The summed E-state index contributed by atoms with van der Waals surface area (Å²) in [5, 5.41) is 3.35. The van der Waals surface area contributed by atoms with E-state index in [0.29, 0.717) is 22.3 Å². The third-order valence-electron chi connectivity index (χ3n) is 4.72. The van der Waals surface area contributed by atoms with E-state index in [-0.39, 0.29) is 11.6 Å². The fourth-order valence-corrected chi connectivity index (χ4v) is 4.10. The minimum atomic E-state index is -1.00. The number of carbonyl (C=O) groups is 2. The summed E-state index contributed by atoms with van der Waals surface area (Å²) in [5.74, 6) is -1.26. The van der Waals surface area contributed by atoms with E-state index >= 15 is 0 Å². The molecule has 8 heteroatoms. The molecule has 3 amide bonds. The van der Waals surface area contributed by atoms with Crippen LogP contribution in [-0.2, 0) is 4.79 Å². The maximum Gasteiger partial charge on any atom is 0.329 e. The molecular formula is C17H12BrClFN3O2. The standard InChI is InChI=1S/C17H12BrClFN3O2/c18-10-5-13(14(20)21-8-10)23-15(24)17(22-16(23)25)6-9(7-17)11-3-1-2-4-12(11)19/h1-5,8-9H,6-7H2,(H,22,25). The minimum absolute atomic E-state index is 0.0726. The lowest BCUT2D eigenvalue weighted by Gasteiger charge is -2.43. The second kappa shape index (κ2) is 5.78. The number of hydrogen-bond acceptors (Lipinski definition) is 3.